The molecular weight excluding hydrogens is 312 g/mol. The average Bonchev–Trinajstić information content (AvgIpc) is 2.48. The van der Waals surface area contributed by atoms with Crippen molar-refractivity contribution in [1.82, 2.24) is 5.32 Å². The van der Waals surface area contributed by atoms with Crippen molar-refractivity contribution >= 4 is 17.5 Å². The largest absolute Gasteiger partial charge is 0.482 e. The molecule has 0 saturated carbocycles. The molecule has 0 aromatic heterocycles. The summed E-state index contributed by atoms with van der Waals surface area (Å²) in [7, 11) is 0. The molecular formula is C16H14ClF2NO2. The lowest BCUT2D eigenvalue weighted by atomic mass is 10.1. The van der Waals surface area contributed by atoms with Crippen molar-refractivity contribution in [3.8, 4) is 5.75 Å². The van der Waals surface area contributed by atoms with Gasteiger partial charge < -0.3 is 10.1 Å². The summed E-state index contributed by atoms with van der Waals surface area (Å²) in [6.07, 6.45) is 0.587. The van der Waals surface area contributed by atoms with Crippen LogP contribution in [-0.2, 0) is 11.2 Å². The first kappa shape index (κ1) is 16.2. The monoisotopic (exact) mass is 325 g/mol. The molecule has 116 valence electrons. The number of carbonyl (C=O) groups is 1. The molecule has 0 saturated heterocycles. The molecule has 2 rings (SSSR count). The molecule has 0 spiro atoms. The van der Waals surface area contributed by atoms with Crippen molar-refractivity contribution in [2.24, 2.45) is 0 Å². The quantitative estimate of drug-likeness (QED) is 0.884. The number of halogens is 3. The molecule has 3 nitrogen and oxygen atoms in total. The standard InChI is InChI=1S/C16H14ClF2NO2/c17-14-9-13(19)5-6-15(14)22-10-16(21)20-8-7-11-1-3-12(18)4-2-11/h1-6,9H,7-8,10H2,(H,20,21). The van der Waals surface area contributed by atoms with Crippen LogP contribution in [0.5, 0.6) is 5.75 Å². The molecule has 0 radical (unpaired) electrons. The zero-order valence-corrected chi connectivity index (χ0v) is 12.4. The second kappa shape index (κ2) is 7.75. The molecule has 6 heteroatoms. The first-order valence-corrected chi connectivity index (χ1v) is 7.01. The van der Waals surface area contributed by atoms with E-state index < -0.39 is 5.82 Å². The smallest absolute Gasteiger partial charge is 0.257 e. The van der Waals surface area contributed by atoms with Crippen molar-refractivity contribution in [3.63, 3.8) is 0 Å². The highest BCUT2D eigenvalue weighted by molar-refractivity contribution is 6.32. The lowest BCUT2D eigenvalue weighted by molar-refractivity contribution is -0.123. The van der Waals surface area contributed by atoms with E-state index in [2.05, 4.69) is 5.32 Å². The number of nitrogens with one attached hydrogen (secondary N) is 1. The van der Waals surface area contributed by atoms with Crippen molar-refractivity contribution in [1.29, 1.82) is 0 Å². The van der Waals surface area contributed by atoms with Crippen molar-refractivity contribution in [2.45, 2.75) is 6.42 Å². The van der Waals surface area contributed by atoms with Crippen LogP contribution < -0.4 is 10.1 Å². The zero-order chi connectivity index (χ0) is 15.9. The molecule has 0 aliphatic carbocycles. The molecule has 2 aromatic carbocycles. The van der Waals surface area contributed by atoms with Crippen molar-refractivity contribution in [2.75, 3.05) is 13.2 Å². The van der Waals surface area contributed by atoms with E-state index in [1.807, 2.05) is 0 Å². The summed E-state index contributed by atoms with van der Waals surface area (Å²) in [6.45, 7) is 0.194. The summed E-state index contributed by atoms with van der Waals surface area (Å²) < 4.78 is 30.8. The number of amides is 1. The minimum Gasteiger partial charge on any atom is -0.482 e. The molecule has 0 heterocycles. The predicted molar refractivity (Wildman–Crippen MR) is 80.0 cm³/mol. The Hall–Kier alpha value is -2.14. The molecule has 0 atom stereocenters. The maximum atomic E-state index is 12.9. The Kier molecular flexibility index (Phi) is 5.72. The van der Waals surface area contributed by atoms with Crippen LogP contribution in [0, 0.1) is 11.6 Å². The van der Waals surface area contributed by atoms with Crippen LogP contribution in [0.4, 0.5) is 8.78 Å². The van der Waals surface area contributed by atoms with Gasteiger partial charge in [-0.1, -0.05) is 23.7 Å². The number of benzene rings is 2. The zero-order valence-electron chi connectivity index (χ0n) is 11.6. The molecule has 22 heavy (non-hydrogen) atoms. The second-order valence-electron chi connectivity index (χ2n) is 4.59. The van der Waals surface area contributed by atoms with E-state index in [4.69, 9.17) is 16.3 Å². The molecule has 0 bridgehead atoms. The first-order valence-electron chi connectivity index (χ1n) is 6.63. The van der Waals surface area contributed by atoms with Crippen molar-refractivity contribution in [3.05, 3.63) is 64.7 Å². The maximum absolute atomic E-state index is 12.9. The van der Waals surface area contributed by atoms with E-state index in [0.717, 1.165) is 11.6 Å². The van der Waals surface area contributed by atoms with Crippen LogP contribution in [0.15, 0.2) is 42.5 Å². The SMILES string of the molecule is O=C(COc1ccc(F)cc1Cl)NCCc1ccc(F)cc1. The fourth-order valence-electron chi connectivity index (χ4n) is 1.78. The number of hydrogen-bond donors (Lipinski definition) is 1. The van der Waals surface area contributed by atoms with Gasteiger partial charge in [0.05, 0.1) is 5.02 Å². The van der Waals surface area contributed by atoms with Crippen LogP contribution in [0.25, 0.3) is 0 Å². The highest BCUT2D eigenvalue weighted by atomic mass is 35.5. The van der Waals surface area contributed by atoms with Crippen molar-refractivity contribution < 1.29 is 18.3 Å². The average molecular weight is 326 g/mol. The third kappa shape index (κ3) is 5.00. The minimum atomic E-state index is -0.471. The Morgan fingerprint density at radius 1 is 1.09 bits per heavy atom. The van der Waals surface area contributed by atoms with E-state index >= 15 is 0 Å². The summed E-state index contributed by atoms with van der Waals surface area (Å²) in [5, 5.41) is 2.78. The summed E-state index contributed by atoms with van der Waals surface area (Å²) >= 11 is 5.78. The van der Waals surface area contributed by atoms with Gasteiger partial charge in [0, 0.05) is 6.54 Å². The molecule has 1 N–H and O–H groups in total. The summed E-state index contributed by atoms with van der Waals surface area (Å²) in [5.74, 6) is -0.835. The van der Waals surface area contributed by atoms with Crippen LogP contribution in [0.2, 0.25) is 5.02 Å². The fraction of sp³-hybridized carbons (Fsp3) is 0.188. The lowest BCUT2D eigenvalue weighted by Gasteiger charge is -2.09. The van der Waals surface area contributed by atoms with Gasteiger partial charge in [0.25, 0.3) is 5.91 Å². The molecule has 1 amide bonds. The minimum absolute atomic E-state index is 0.110. The predicted octanol–water partition coefficient (Wildman–Crippen LogP) is 3.36. The summed E-state index contributed by atoms with van der Waals surface area (Å²) in [6, 6.07) is 9.75. The molecule has 0 fully saturated rings. The Bertz CT molecular complexity index is 647. The summed E-state index contributed by atoms with van der Waals surface area (Å²) in [5.41, 5.74) is 0.921. The number of hydrogen-bond acceptors (Lipinski definition) is 2. The van der Waals surface area contributed by atoms with Gasteiger partial charge >= 0.3 is 0 Å². The third-order valence-corrected chi connectivity index (χ3v) is 3.20. The van der Waals surface area contributed by atoms with Crippen LogP contribution in [-0.4, -0.2) is 19.1 Å². The Balaban J connectivity index is 1.72. The van der Waals surface area contributed by atoms with Gasteiger partial charge in [-0.05, 0) is 42.3 Å². The normalized spacial score (nSPS) is 10.3. The second-order valence-corrected chi connectivity index (χ2v) is 5.00. The highest BCUT2D eigenvalue weighted by Crippen LogP contribution is 2.24. The van der Waals surface area contributed by atoms with E-state index in [-0.39, 0.29) is 29.1 Å². The molecule has 2 aromatic rings. The van der Waals surface area contributed by atoms with Crippen LogP contribution in [0.3, 0.4) is 0 Å². The van der Waals surface area contributed by atoms with Gasteiger partial charge in [0.15, 0.2) is 6.61 Å². The highest BCUT2D eigenvalue weighted by Gasteiger charge is 2.06. The summed E-state index contributed by atoms with van der Waals surface area (Å²) in [4.78, 5) is 11.6. The lowest BCUT2D eigenvalue weighted by Crippen LogP contribution is -2.30. The van der Waals surface area contributed by atoms with Gasteiger partial charge in [-0.15, -0.1) is 0 Å². The van der Waals surface area contributed by atoms with E-state index in [9.17, 15) is 13.6 Å². The van der Waals surface area contributed by atoms with E-state index in [1.54, 1.807) is 12.1 Å². The van der Waals surface area contributed by atoms with Gasteiger partial charge in [-0.3, -0.25) is 4.79 Å². The van der Waals surface area contributed by atoms with Crippen LogP contribution in [0.1, 0.15) is 5.56 Å². The molecule has 0 unspecified atom stereocenters. The number of rotatable bonds is 6. The number of ether oxygens (including phenoxy) is 1. The van der Waals surface area contributed by atoms with E-state index in [1.165, 1.54) is 24.3 Å². The Morgan fingerprint density at radius 2 is 1.77 bits per heavy atom. The Morgan fingerprint density at radius 3 is 2.45 bits per heavy atom. The number of carbonyl (C=O) groups excluding carboxylic acids is 1. The maximum Gasteiger partial charge on any atom is 0.257 e. The third-order valence-electron chi connectivity index (χ3n) is 2.90. The van der Waals surface area contributed by atoms with Gasteiger partial charge in [-0.25, -0.2) is 8.78 Å². The first-order chi connectivity index (χ1) is 10.5. The Labute approximate surface area is 131 Å². The molecule has 0 aliphatic rings. The van der Waals surface area contributed by atoms with Gasteiger partial charge in [0.1, 0.15) is 17.4 Å². The van der Waals surface area contributed by atoms with Gasteiger partial charge in [-0.2, -0.15) is 0 Å². The molecule has 0 aliphatic heterocycles. The van der Waals surface area contributed by atoms with Crippen LogP contribution >= 0.6 is 11.6 Å². The topological polar surface area (TPSA) is 38.3 Å². The van der Waals surface area contributed by atoms with E-state index in [0.29, 0.717) is 13.0 Å². The van der Waals surface area contributed by atoms with Gasteiger partial charge in [0.2, 0.25) is 0 Å². The fourth-order valence-corrected chi connectivity index (χ4v) is 2.01.